The Morgan fingerprint density at radius 2 is 1.77 bits per heavy atom. The van der Waals surface area contributed by atoms with Crippen LogP contribution in [0.2, 0.25) is 0 Å². The predicted octanol–water partition coefficient (Wildman–Crippen LogP) is 3.88. The molecule has 0 radical (unpaired) electrons. The maximum Gasteiger partial charge on any atom is 0.344 e. The summed E-state index contributed by atoms with van der Waals surface area (Å²) in [5, 5.41) is 1.53. The summed E-state index contributed by atoms with van der Waals surface area (Å²) in [6.07, 6.45) is 0.537. The molecule has 10 nitrogen and oxygen atoms in total. The Bertz CT molecular complexity index is 1320. The molecule has 11 heteroatoms. The average molecular weight is 572 g/mol. The Kier molecular flexibility index (Phi) is 9.05. The van der Waals surface area contributed by atoms with Crippen LogP contribution in [0.5, 0.6) is 17.2 Å². The number of benzene rings is 2. The Morgan fingerprint density at radius 3 is 2.42 bits per heavy atom. The summed E-state index contributed by atoms with van der Waals surface area (Å²) in [6.45, 7) is 7.61. The highest BCUT2D eigenvalue weighted by molar-refractivity contribution is 8.15. The van der Waals surface area contributed by atoms with Crippen molar-refractivity contribution >= 4 is 34.7 Å². The average Bonchev–Trinajstić information content (AvgIpc) is 3.22. The summed E-state index contributed by atoms with van der Waals surface area (Å²) < 4.78 is 28.1. The molecule has 0 saturated carbocycles. The van der Waals surface area contributed by atoms with E-state index >= 15 is 0 Å². The van der Waals surface area contributed by atoms with Crippen molar-refractivity contribution in [1.82, 2.24) is 5.32 Å². The third kappa shape index (κ3) is 6.59. The summed E-state index contributed by atoms with van der Waals surface area (Å²) in [5.74, 6) is 0.653. The standard InChI is InChI=1S/C29H33NO9S/c1-16-17(2)26-24(18(3)25(16)37-14-23(32)36-11-10-35-5)21(31)13-29(4,39-26)15-38-20-8-6-19(7-9-20)12-22-27(33)30-28(34)40-22/h6-9,22H,10-15H2,1-5H3,(H,30,33,34). The quantitative estimate of drug-likeness (QED) is 0.314. The highest BCUT2D eigenvalue weighted by Gasteiger charge is 2.40. The first-order valence-corrected chi connectivity index (χ1v) is 13.8. The lowest BCUT2D eigenvalue weighted by Gasteiger charge is -2.37. The number of hydrogen-bond donors (Lipinski definition) is 1. The van der Waals surface area contributed by atoms with Crippen LogP contribution in [-0.2, 0) is 25.5 Å². The first kappa shape index (κ1) is 29.4. The molecule has 1 N–H and O–H groups in total. The smallest absolute Gasteiger partial charge is 0.344 e. The summed E-state index contributed by atoms with van der Waals surface area (Å²) in [5.41, 5.74) is 2.58. The molecule has 1 fully saturated rings. The van der Waals surface area contributed by atoms with Crippen LogP contribution in [0.15, 0.2) is 24.3 Å². The van der Waals surface area contributed by atoms with Gasteiger partial charge in [-0.05, 0) is 62.9 Å². The van der Waals surface area contributed by atoms with Gasteiger partial charge < -0.3 is 23.7 Å². The van der Waals surface area contributed by atoms with Gasteiger partial charge in [-0.2, -0.15) is 0 Å². The van der Waals surface area contributed by atoms with E-state index in [4.69, 9.17) is 23.7 Å². The molecular weight excluding hydrogens is 538 g/mol. The molecule has 4 rings (SSSR count). The van der Waals surface area contributed by atoms with Crippen molar-refractivity contribution in [2.75, 3.05) is 33.5 Å². The minimum atomic E-state index is -0.904. The van der Waals surface area contributed by atoms with E-state index in [2.05, 4.69) is 5.32 Å². The van der Waals surface area contributed by atoms with Crippen molar-refractivity contribution in [3.63, 3.8) is 0 Å². The summed E-state index contributed by atoms with van der Waals surface area (Å²) in [7, 11) is 1.52. The fraction of sp³-hybridized carbons (Fsp3) is 0.448. The van der Waals surface area contributed by atoms with E-state index in [1.54, 1.807) is 19.1 Å². The number of fused-ring (bicyclic) bond motifs is 1. The van der Waals surface area contributed by atoms with Crippen LogP contribution >= 0.6 is 11.8 Å². The van der Waals surface area contributed by atoms with Crippen molar-refractivity contribution < 1.29 is 42.9 Å². The molecule has 2 amide bonds. The minimum absolute atomic E-state index is 0.0992. The van der Waals surface area contributed by atoms with Crippen LogP contribution in [0.25, 0.3) is 0 Å². The molecule has 2 aromatic carbocycles. The lowest BCUT2D eigenvalue weighted by Crippen LogP contribution is -2.45. The zero-order valence-electron chi connectivity index (χ0n) is 23.2. The molecule has 1 saturated heterocycles. The van der Waals surface area contributed by atoms with Gasteiger partial charge in [-0.1, -0.05) is 23.9 Å². The Hall–Kier alpha value is -3.57. The Labute approximate surface area is 237 Å². The lowest BCUT2D eigenvalue weighted by molar-refractivity contribution is -0.147. The Morgan fingerprint density at radius 1 is 1.05 bits per heavy atom. The van der Waals surface area contributed by atoms with E-state index in [0.29, 0.717) is 41.4 Å². The van der Waals surface area contributed by atoms with Gasteiger partial charge in [-0.25, -0.2) is 4.79 Å². The number of hydrogen-bond acceptors (Lipinski definition) is 10. The number of thioether (sulfide) groups is 1. The van der Waals surface area contributed by atoms with Gasteiger partial charge in [0, 0.05) is 12.7 Å². The molecule has 2 heterocycles. The second-order valence-corrected chi connectivity index (χ2v) is 11.3. The maximum absolute atomic E-state index is 13.4. The molecule has 40 heavy (non-hydrogen) atoms. The summed E-state index contributed by atoms with van der Waals surface area (Å²) in [4.78, 5) is 48.6. The Balaban J connectivity index is 1.42. The van der Waals surface area contributed by atoms with Gasteiger partial charge in [0.25, 0.3) is 5.24 Å². The topological polar surface area (TPSA) is 126 Å². The number of carbonyl (C=O) groups is 4. The van der Waals surface area contributed by atoms with Gasteiger partial charge in [-0.15, -0.1) is 0 Å². The number of Topliss-reactive ketones (excluding diaryl/α,β-unsaturated/α-hetero) is 1. The lowest BCUT2D eigenvalue weighted by atomic mass is 9.86. The van der Waals surface area contributed by atoms with Crippen molar-refractivity contribution in [2.24, 2.45) is 0 Å². The fourth-order valence-corrected chi connectivity index (χ4v) is 5.53. The van der Waals surface area contributed by atoms with Crippen LogP contribution in [0.1, 0.15) is 46.0 Å². The number of carbonyl (C=O) groups excluding carboxylic acids is 4. The van der Waals surface area contributed by atoms with Crippen LogP contribution in [-0.4, -0.2) is 67.3 Å². The summed E-state index contributed by atoms with van der Waals surface area (Å²) >= 11 is 0.995. The highest BCUT2D eigenvalue weighted by Crippen LogP contribution is 2.44. The van der Waals surface area contributed by atoms with Crippen molar-refractivity contribution in [3.8, 4) is 17.2 Å². The molecule has 0 aliphatic carbocycles. The van der Waals surface area contributed by atoms with Gasteiger partial charge >= 0.3 is 5.97 Å². The number of esters is 1. The number of ether oxygens (including phenoxy) is 5. The van der Waals surface area contributed by atoms with Crippen LogP contribution < -0.4 is 19.5 Å². The third-order valence-corrected chi connectivity index (χ3v) is 7.87. The van der Waals surface area contributed by atoms with E-state index < -0.39 is 16.8 Å². The van der Waals surface area contributed by atoms with Gasteiger partial charge in [0.2, 0.25) is 5.91 Å². The molecule has 2 aliphatic rings. The van der Waals surface area contributed by atoms with Gasteiger partial charge in [0.05, 0.1) is 23.8 Å². The monoisotopic (exact) mass is 571 g/mol. The largest absolute Gasteiger partial charge is 0.489 e. The van der Waals surface area contributed by atoms with Crippen molar-refractivity contribution in [3.05, 3.63) is 52.1 Å². The molecule has 2 unspecified atom stereocenters. The van der Waals surface area contributed by atoms with Gasteiger partial charge in [-0.3, -0.25) is 19.7 Å². The number of imide groups is 1. The van der Waals surface area contributed by atoms with E-state index in [1.807, 2.05) is 32.9 Å². The second-order valence-electron chi connectivity index (χ2n) is 10.1. The molecule has 0 spiro atoms. The fourth-order valence-electron chi connectivity index (χ4n) is 4.68. The van der Waals surface area contributed by atoms with Crippen molar-refractivity contribution in [2.45, 2.75) is 51.4 Å². The van der Waals surface area contributed by atoms with E-state index in [0.717, 1.165) is 28.5 Å². The number of nitrogens with one attached hydrogen (secondary N) is 1. The minimum Gasteiger partial charge on any atom is -0.489 e. The number of methoxy groups -OCH3 is 1. The van der Waals surface area contributed by atoms with E-state index in [9.17, 15) is 19.2 Å². The molecule has 2 aromatic rings. The van der Waals surface area contributed by atoms with Gasteiger partial charge in [0.15, 0.2) is 12.4 Å². The first-order chi connectivity index (χ1) is 19.0. The highest BCUT2D eigenvalue weighted by atomic mass is 32.2. The molecule has 0 bridgehead atoms. The van der Waals surface area contributed by atoms with E-state index in [-0.39, 0.29) is 43.2 Å². The van der Waals surface area contributed by atoms with Crippen LogP contribution in [0, 0.1) is 20.8 Å². The molecule has 2 atom stereocenters. The normalized spacial score (nSPS) is 20.0. The maximum atomic E-state index is 13.4. The molecular formula is C29H33NO9S. The number of rotatable bonds is 11. The zero-order chi connectivity index (χ0) is 29.0. The van der Waals surface area contributed by atoms with Crippen molar-refractivity contribution in [1.29, 1.82) is 0 Å². The molecule has 2 aliphatic heterocycles. The van der Waals surface area contributed by atoms with Crippen LogP contribution in [0.4, 0.5) is 4.79 Å². The molecule has 214 valence electrons. The zero-order valence-corrected chi connectivity index (χ0v) is 24.0. The van der Waals surface area contributed by atoms with Crippen LogP contribution in [0.3, 0.4) is 0 Å². The second kappa shape index (κ2) is 12.3. The first-order valence-electron chi connectivity index (χ1n) is 12.9. The molecule has 0 aromatic heterocycles. The third-order valence-electron chi connectivity index (χ3n) is 6.89. The number of ketones is 1. The van der Waals surface area contributed by atoms with Gasteiger partial charge in [0.1, 0.15) is 36.1 Å². The van der Waals surface area contributed by atoms with E-state index in [1.165, 1.54) is 7.11 Å². The SMILES string of the molecule is COCCOC(=O)COc1c(C)c(C)c2c(c1C)C(=O)CC(C)(COc1ccc(CC3SC(=O)NC3=O)cc1)O2. The summed E-state index contributed by atoms with van der Waals surface area (Å²) in [6, 6.07) is 7.28. The number of amides is 2. The predicted molar refractivity (Wildman–Crippen MR) is 148 cm³/mol.